The third-order valence-electron chi connectivity index (χ3n) is 1.40. The number of hydrogen-bond donors (Lipinski definition) is 0. The summed E-state index contributed by atoms with van der Waals surface area (Å²) in [5.41, 5.74) is 0. The van der Waals surface area contributed by atoms with Gasteiger partial charge >= 0.3 is 6.18 Å². The molecule has 0 aliphatic carbocycles. The molecule has 0 heterocycles. The zero-order chi connectivity index (χ0) is 9.94. The lowest BCUT2D eigenvalue weighted by Gasteiger charge is -2.20. The van der Waals surface area contributed by atoms with E-state index < -0.39 is 18.0 Å². The molecule has 72 valence electrons. The van der Waals surface area contributed by atoms with Gasteiger partial charge in [-0.25, -0.2) is 0 Å². The smallest absolute Gasteiger partial charge is 0.170 e. The molecule has 0 bridgehead atoms. The number of rotatable bonds is 2. The molecule has 0 spiro atoms. The number of halogens is 5. The Kier molecular flexibility index (Phi) is 4.84. The lowest BCUT2D eigenvalue weighted by Crippen LogP contribution is -2.25. The predicted octanol–water partition coefficient (Wildman–Crippen LogP) is 4.45. The fraction of sp³-hybridized carbons (Fsp3) is 0.714. The van der Waals surface area contributed by atoms with E-state index in [1.165, 1.54) is 13.8 Å². The van der Waals surface area contributed by atoms with E-state index in [2.05, 4.69) is 31.9 Å². The fourth-order valence-corrected chi connectivity index (χ4v) is 1.37. The van der Waals surface area contributed by atoms with Crippen molar-refractivity contribution >= 4 is 31.9 Å². The van der Waals surface area contributed by atoms with E-state index in [4.69, 9.17) is 0 Å². The van der Waals surface area contributed by atoms with Gasteiger partial charge in [-0.15, -0.1) is 0 Å². The third-order valence-corrected chi connectivity index (χ3v) is 1.93. The van der Waals surface area contributed by atoms with Crippen molar-refractivity contribution < 1.29 is 13.2 Å². The summed E-state index contributed by atoms with van der Waals surface area (Å²) < 4.78 is 37.1. The Morgan fingerprint density at radius 3 is 1.75 bits per heavy atom. The van der Waals surface area contributed by atoms with Crippen LogP contribution < -0.4 is 0 Å². The van der Waals surface area contributed by atoms with Gasteiger partial charge in [0.1, 0.15) is 0 Å². The Balaban J connectivity index is 4.58. The normalized spacial score (nSPS) is 14.7. The number of allylic oxidation sites excluding steroid dienone is 1. The average Bonchev–Trinajstić information content (AvgIpc) is 1.79. The van der Waals surface area contributed by atoms with Gasteiger partial charge in [0, 0.05) is 0 Å². The molecule has 12 heavy (non-hydrogen) atoms. The Morgan fingerprint density at radius 1 is 1.25 bits per heavy atom. The van der Waals surface area contributed by atoms with Gasteiger partial charge < -0.3 is 0 Å². The highest BCUT2D eigenvalue weighted by Gasteiger charge is 2.39. The maximum atomic E-state index is 12.2. The van der Waals surface area contributed by atoms with E-state index in [0.717, 1.165) is 6.08 Å². The first-order chi connectivity index (χ1) is 5.25. The van der Waals surface area contributed by atoms with Crippen molar-refractivity contribution in [3.05, 3.63) is 9.47 Å². The van der Waals surface area contributed by atoms with Crippen LogP contribution in [0.2, 0.25) is 0 Å². The molecule has 0 saturated heterocycles. The standard InChI is InChI=1S/C7H9Br2F3/c1-4(2)5(3-6(8)9)7(10,11)12/h3-5H,1-2H3. The van der Waals surface area contributed by atoms with Crippen molar-refractivity contribution in [2.45, 2.75) is 20.0 Å². The van der Waals surface area contributed by atoms with Crippen molar-refractivity contribution in [3.8, 4) is 0 Å². The topological polar surface area (TPSA) is 0 Å². The Labute approximate surface area is 86.5 Å². The summed E-state index contributed by atoms with van der Waals surface area (Å²) in [4.78, 5) is 0. The second kappa shape index (κ2) is 4.65. The Morgan fingerprint density at radius 2 is 1.67 bits per heavy atom. The first kappa shape index (κ1) is 12.5. The van der Waals surface area contributed by atoms with Gasteiger partial charge in [0.05, 0.1) is 9.31 Å². The summed E-state index contributed by atoms with van der Waals surface area (Å²) in [6, 6.07) is 0. The van der Waals surface area contributed by atoms with E-state index in [9.17, 15) is 13.2 Å². The van der Waals surface area contributed by atoms with Gasteiger partial charge in [-0.05, 0) is 37.8 Å². The molecule has 0 rings (SSSR count). The Hall–Kier alpha value is 0.490. The monoisotopic (exact) mass is 308 g/mol. The Bertz CT molecular complexity index is 168. The number of alkyl halides is 3. The van der Waals surface area contributed by atoms with Crippen molar-refractivity contribution in [1.29, 1.82) is 0 Å². The summed E-state index contributed by atoms with van der Waals surface area (Å²) in [5, 5.41) is 0. The van der Waals surface area contributed by atoms with Gasteiger partial charge in [-0.3, -0.25) is 0 Å². The molecular formula is C7H9Br2F3. The summed E-state index contributed by atoms with van der Waals surface area (Å²) in [6.07, 6.45) is -3.05. The van der Waals surface area contributed by atoms with E-state index in [1.807, 2.05) is 0 Å². The van der Waals surface area contributed by atoms with Crippen molar-refractivity contribution in [2.24, 2.45) is 11.8 Å². The van der Waals surface area contributed by atoms with E-state index in [0.29, 0.717) is 3.39 Å². The summed E-state index contributed by atoms with van der Waals surface area (Å²) in [5.74, 6) is -1.85. The first-order valence-electron chi connectivity index (χ1n) is 3.34. The maximum absolute atomic E-state index is 12.2. The van der Waals surface area contributed by atoms with Crippen LogP contribution in [-0.4, -0.2) is 6.18 Å². The molecule has 0 saturated carbocycles. The molecule has 0 aliphatic heterocycles. The molecule has 0 N–H and O–H groups in total. The van der Waals surface area contributed by atoms with E-state index in [-0.39, 0.29) is 0 Å². The van der Waals surface area contributed by atoms with Crippen LogP contribution in [0.4, 0.5) is 13.2 Å². The molecule has 0 nitrogen and oxygen atoms in total. The van der Waals surface area contributed by atoms with Crippen molar-refractivity contribution in [2.75, 3.05) is 0 Å². The third kappa shape index (κ3) is 4.50. The molecule has 1 unspecified atom stereocenters. The van der Waals surface area contributed by atoms with Gasteiger partial charge in [-0.2, -0.15) is 13.2 Å². The van der Waals surface area contributed by atoms with Gasteiger partial charge in [0.15, 0.2) is 0 Å². The molecule has 0 aromatic carbocycles. The quantitative estimate of drug-likeness (QED) is 0.707. The molecule has 0 radical (unpaired) electrons. The molecule has 0 aromatic heterocycles. The highest BCUT2D eigenvalue weighted by Crippen LogP contribution is 2.35. The predicted molar refractivity (Wildman–Crippen MR) is 50.3 cm³/mol. The zero-order valence-corrected chi connectivity index (χ0v) is 9.79. The first-order valence-corrected chi connectivity index (χ1v) is 4.93. The molecule has 5 heteroatoms. The summed E-state index contributed by atoms with van der Waals surface area (Å²) in [6.45, 7) is 3.08. The van der Waals surface area contributed by atoms with Crippen molar-refractivity contribution in [1.82, 2.24) is 0 Å². The lowest BCUT2D eigenvalue weighted by molar-refractivity contribution is -0.171. The van der Waals surface area contributed by atoms with Gasteiger partial charge in [0.2, 0.25) is 0 Å². The van der Waals surface area contributed by atoms with E-state index in [1.54, 1.807) is 0 Å². The van der Waals surface area contributed by atoms with Crippen LogP contribution >= 0.6 is 31.9 Å². The highest BCUT2D eigenvalue weighted by molar-refractivity contribution is 9.28. The van der Waals surface area contributed by atoms with Crippen molar-refractivity contribution in [3.63, 3.8) is 0 Å². The molecule has 0 aliphatic rings. The second-order valence-corrected chi connectivity index (χ2v) is 5.54. The highest BCUT2D eigenvalue weighted by atomic mass is 79.9. The molecular weight excluding hydrogens is 301 g/mol. The minimum Gasteiger partial charge on any atom is -0.170 e. The lowest BCUT2D eigenvalue weighted by atomic mass is 9.96. The minimum atomic E-state index is -4.17. The van der Waals surface area contributed by atoms with Crippen LogP contribution in [0.1, 0.15) is 13.8 Å². The average molecular weight is 310 g/mol. The largest absolute Gasteiger partial charge is 0.395 e. The molecule has 0 aromatic rings. The van der Waals surface area contributed by atoms with Crippen LogP contribution in [0.15, 0.2) is 9.47 Å². The summed E-state index contributed by atoms with van der Waals surface area (Å²) in [7, 11) is 0. The van der Waals surface area contributed by atoms with Gasteiger partial charge in [-0.1, -0.05) is 19.9 Å². The van der Waals surface area contributed by atoms with Crippen LogP contribution in [0.5, 0.6) is 0 Å². The van der Waals surface area contributed by atoms with Crippen LogP contribution in [0, 0.1) is 11.8 Å². The van der Waals surface area contributed by atoms with Crippen LogP contribution in [0.3, 0.4) is 0 Å². The molecule has 0 fully saturated rings. The zero-order valence-electron chi connectivity index (χ0n) is 6.62. The van der Waals surface area contributed by atoms with Crippen LogP contribution in [0.25, 0.3) is 0 Å². The molecule has 0 amide bonds. The SMILES string of the molecule is CC(C)C(C=C(Br)Br)C(F)(F)F. The minimum absolute atomic E-state index is 0.339. The van der Waals surface area contributed by atoms with Gasteiger partial charge in [0.25, 0.3) is 0 Å². The second-order valence-electron chi connectivity index (χ2n) is 2.77. The summed E-state index contributed by atoms with van der Waals surface area (Å²) >= 11 is 5.83. The number of hydrogen-bond acceptors (Lipinski definition) is 0. The van der Waals surface area contributed by atoms with Crippen LogP contribution in [-0.2, 0) is 0 Å². The maximum Gasteiger partial charge on any atom is 0.395 e. The fourth-order valence-electron chi connectivity index (χ4n) is 0.801. The van der Waals surface area contributed by atoms with E-state index >= 15 is 0 Å². The molecule has 1 atom stereocenters.